The van der Waals surface area contributed by atoms with E-state index in [-0.39, 0.29) is 46.2 Å². The number of benzene rings is 2. The van der Waals surface area contributed by atoms with Gasteiger partial charge in [-0.3, -0.25) is 14.4 Å². The van der Waals surface area contributed by atoms with Gasteiger partial charge in [0.05, 0.1) is 49.1 Å². The highest BCUT2D eigenvalue weighted by Crippen LogP contribution is 2.68. The van der Waals surface area contributed by atoms with Gasteiger partial charge in [-0.2, -0.15) is 0 Å². The fraction of sp³-hybridized carbons (Fsp3) is 0.690. The maximum absolute atomic E-state index is 14.1. The molecule has 21 heteroatoms. The third kappa shape index (κ3) is 6.24. The zero-order valence-electron chi connectivity index (χ0n) is 36.1. The van der Waals surface area contributed by atoms with E-state index in [1.54, 1.807) is 19.9 Å². The van der Waals surface area contributed by atoms with Gasteiger partial charge < -0.3 is 87.9 Å². The van der Waals surface area contributed by atoms with Gasteiger partial charge in [0.1, 0.15) is 35.1 Å². The summed E-state index contributed by atoms with van der Waals surface area (Å²) in [5.74, 6) is -8.27. The number of aryl methyl sites for hydroxylation is 1. The van der Waals surface area contributed by atoms with Crippen molar-refractivity contribution >= 4 is 28.3 Å². The molecule has 21 nitrogen and oxygen atoms in total. The van der Waals surface area contributed by atoms with Gasteiger partial charge in [0.25, 0.3) is 11.6 Å². The van der Waals surface area contributed by atoms with E-state index in [1.807, 2.05) is 0 Å². The number of ketones is 2. The molecule has 0 radical (unpaired) electrons. The largest absolute Gasteiger partial charge is 0.506 e. The molecule has 6 aliphatic rings. The van der Waals surface area contributed by atoms with Crippen molar-refractivity contribution in [1.29, 1.82) is 0 Å². The Kier molecular flexibility index (Phi) is 11.3. The number of carbonyl (C=O) groups is 3. The van der Waals surface area contributed by atoms with Crippen molar-refractivity contribution in [3.8, 4) is 17.2 Å². The van der Waals surface area contributed by atoms with Crippen molar-refractivity contribution in [2.24, 2.45) is 0 Å². The fourth-order valence-corrected chi connectivity index (χ4v) is 10.6. The van der Waals surface area contributed by atoms with Crippen LogP contribution in [0.15, 0.2) is 6.07 Å². The van der Waals surface area contributed by atoms with Gasteiger partial charge in [-0.15, -0.1) is 0 Å². The van der Waals surface area contributed by atoms with Crippen LogP contribution in [0, 0.1) is 6.92 Å². The smallest absolute Gasteiger partial charge is 0.303 e. The molecule has 4 fully saturated rings. The molecule has 1 aliphatic carbocycles. The van der Waals surface area contributed by atoms with Crippen LogP contribution in [0.4, 0.5) is 0 Å². The summed E-state index contributed by atoms with van der Waals surface area (Å²) in [7, 11) is 3.78. The SMILES string of the molecule is COc1c2c(c(O)c3c4c(c(C)cc13)[C@@H]1O[C@@]3(C(OC)OC)O[C@@H]1[C@@](O[C@H]1C[C@@H](O)[C@@](O)(C(C)=O)[C@H](C)O1)(O4)[C@@]3(O)CO)C(=O)[C@@H](O)C[C@@H]2O[C@H]1C[C@@](C)(O)[C@H](OC(C)=O)[C@H](C)O1. The average molecular weight is 895 g/mol. The summed E-state index contributed by atoms with van der Waals surface area (Å²) < 4.78 is 67.0. The molecule has 0 amide bonds. The van der Waals surface area contributed by atoms with Crippen LogP contribution in [-0.4, -0.2) is 165 Å². The van der Waals surface area contributed by atoms with Crippen LogP contribution in [0.3, 0.4) is 0 Å². The van der Waals surface area contributed by atoms with E-state index < -0.39 is 138 Å². The van der Waals surface area contributed by atoms with Crippen molar-refractivity contribution in [3.63, 3.8) is 0 Å². The van der Waals surface area contributed by atoms with Gasteiger partial charge in [-0.1, -0.05) is 0 Å². The van der Waals surface area contributed by atoms with Crippen molar-refractivity contribution < 1.29 is 102 Å². The zero-order chi connectivity index (χ0) is 46.1. The second-order valence-electron chi connectivity index (χ2n) is 17.4. The second kappa shape index (κ2) is 15.5. The molecule has 0 spiro atoms. The summed E-state index contributed by atoms with van der Waals surface area (Å²) in [5, 5.41) is 81.3. The normalized spacial score (nSPS) is 41.6. The van der Waals surface area contributed by atoms with E-state index in [4.69, 9.17) is 52.1 Å². The Balaban J connectivity index is 1.29. The molecule has 8 rings (SSSR count). The minimum absolute atomic E-state index is 0.00178. The molecule has 15 atom stereocenters. The number of methoxy groups -OCH3 is 3. The molecular formula is C42H54O21. The predicted octanol–water partition coefficient (Wildman–Crippen LogP) is 0.115. The summed E-state index contributed by atoms with van der Waals surface area (Å²) in [6, 6.07) is 1.62. The summed E-state index contributed by atoms with van der Waals surface area (Å²) >= 11 is 0. The first-order chi connectivity index (χ1) is 29.5. The quantitative estimate of drug-likeness (QED) is 0.116. The zero-order valence-corrected chi connectivity index (χ0v) is 36.1. The standard InChI is InChI=1S/C42H54O21/c1-15-10-20-27(31(49)29-28(32(20)53-7)22(11-21(46)30(29)48)59-25-13-38(6,50)35(16(2)56-25)58-19(5)45)33-26(15)34-36-41(61-33,39(51,14-43)42(62-34,63-36)37(54-8)55-9)60-24-12-23(47)40(52,17(3)44)18(4)57-24/h10,16,18,21-25,34-37,43,46-47,49-52H,11-14H2,1-9H3/t16-,18-,21-,22-,23+,24-,25-,34-,35+,36-,38+,39-,40+,41+,42-/m0/s1. The van der Waals surface area contributed by atoms with E-state index in [0.717, 1.165) is 6.92 Å². The highest BCUT2D eigenvalue weighted by molar-refractivity contribution is 6.13. The number of hydrogen-bond donors (Lipinski definition) is 7. The predicted molar refractivity (Wildman–Crippen MR) is 207 cm³/mol. The highest BCUT2D eigenvalue weighted by Gasteiger charge is 2.88. The second-order valence-corrected chi connectivity index (χ2v) is 17.4. The third-order valence-corrected chi connectivity index (χ3v) is 13.5. The van der Waals surface area contributed by atoms with Crippen LogP contribution in [0.2, 0.25) is 0 Å². The number of Topliss-reactive ketones (excluding diaryl/α,β-unsaturated/α-hetero) is 2. The van der Waals surface area contributed by atoms with Crippen molar-refractivity contribution in [2.45, 2.75) is 157 Å². The summed E-state index contributed by atoms with van der Waals surface area (Å²) in [6.45, 7) is 7.13. The Morgan fingerprint density at radius 3 is 2.24 bits per heavy atom. The van der Waals surface area contributed by atoms with Gasteiger partial charge in [-0.05, 0) is 46.2 Å². The fourth-order valence-electron chi connectivity index (χ4n) is 10.6. The van der Waals surface area contributed by atoms with Gasteiger partial charge in [-0.25, -0.2) is 0 Å². The molecule has 2 aromatic carbocycles. The number of rotatable bonds is 11. The molecule has 2 aromatic rings. The molecule has 5 heterocycles. The highest BCUT2D eigenvalue weighted by atomic mass is 16.9. The topological polar surface area (TPSA) is 294 Å². The van der Waals surface area contributed by atoms with Crippen molar-refractivity contribution in [2.75, 3.05) is 27.9 Å². The van der Waals surface area contributed by atoms with Gasteiger partial charge in [0.2, 0.25) is 11.9 Å². The van der Waals surface area contributed by atoms with Gasteiger partial charge in [0.15, 0.2) is 42.0 Å². The van der Waals surface area contributed by atoms with Crippen molar-refractivity contribution in [1.82, 2.24) is 0 Å². The minimum Gasteiger partial charge on any atom is -0.506 e. The lowest BCUT2D eigenvalue weighted by molar-refractivity contribution is -0.429. The Labute approximate surface area is 360 Å². The maximum Gasteiger partial charge on any atom is 0.303 e. The van der Waals surface area contributed by atoms with Crippen molar-refractivity contribution in [3.05, 3.63) is 28.3 Å². The van der Waals surface area contributed by atoms with Crippen LogP contribution in [0.25, 0.3) is 10.8 Å². The van der Waals surface area contributed by atoms with Crippen LogP contribution >= 0.6 is 0 Å². The number of carbonyl (C=O) groups excluding carboxylic acids is 3. The Morgan fingerprint density at radius 2 is 1.67 bits per heavy atom. The lowest BCUT2D eigenvalue weighted by Gasteiger charge is -2.55. The molecule has 2 bridgehead atoms. The number of aliphatic hydroxyl groups excluding tert-OH is 3. The summed E-state index contributed by atoms with van der Waals surface area (Å²) in [4.78, 5) is 38.4. The Bertz CT molecular complexity index is 2190. The number of esters is 1. The number of phenolic OH excluding ortho intramolecular Hbond substituents is 1. The number of ether oxygens (including phenoxy) is 11. The number of phenols is 1. The minimum atomic E-state index is -2.80. The van der Waals surface area contributed by atoms with E-state index in [0.29, 0.717) is 5.56 Å². The number of fused-ring (bicyclic) bond motifs is 6. The monoisotopic (exact) mass is 894 g/mol. The van der Waals surface area contributed by atoms with E-state index >= 15 is 0 Å². The molecule has 63 heavy (non-hydrogen) atoms. The van der Waals surface area contributed by atoms with E-state index in [2.05, 4.69) is 0 Å². The van der Waals surface area contributed by atoms with Gasteiger partial charge >= 0.3 is 5.97 Å². The average Bonchev–Trinajstić information content (AvgIpc) is 3.70. The lowest BCUT2D eigenvalue weighted by Crippen LogP contribution is -2.78. The van der Waals surface area contributed by atoms with Crippen LogP contribution in [0.1, 0.15) is 93.1 Å². The first-order valence-electron chi connectivity index (χ1n) is 20.5. The number of hydrogen-bond acceptors (Lipinski definition) is 21. The molecule has 0 aromatic heterocycles. The number of aliphatic hydroxyl groups is 6. The Hall–Kier alpha value is -3.65. The molecule has 5 aliphatic heterocycles. The maximum atomic E-state index is 14.1. The lowest BCUT2D eigenvalue weighted by atomic mass is 9.75. The van der Waals surface area contributed by atoms with E-state index in [1.165, 1.54) is 42.1 Å². The van der Waals surface area contributed by atoms with Gasteiger partial charge in [0, 0.05) is 56.9 Å². The first-order valence-corrected chi connectivity index (χ1v) is 20.5. The number of aromatic hydroxyl groups is 1. The third-order valence-electron chi connectivity index (χ3n) is 13.5. The molecule has 0 saturated carbocycles. The molecule has 0 unspecified atom stereocenters. The molecule has 4 saturated heterocycles. The van der Waals surface area contributed by atoms with Crippen LogP contribution in [-0.2, 0) is 52.2 Å². The Morgan fingerprint density at radius 1 is 0.984 bits per heavy atom. The van der Waals surface area contributed by atoms with Crippen LogP contribution in [0.5, 0.6) is 17.2 Å². The summed E-state index contributed by atoms with van der Waals surface area (Å²) in [5.41, 5.74) is -6.47. The first kappa shape index (κ1) is 45.9. The molecule has 348 valence electrons. The van der Waals surface area contributed by atoms with Crippen LogP contribution < -0.4 is 9.47 Å². The summed E-state index contributed by atoms with van der Waals surface area (Å²) in [6.07, 6.45) is -16.1. The van der Waals surface area contributed by atoms with E-state index in [9.17, 15) is 50.1 Å². The molecule has 7 N–H and O–H groups in total. The molecular weight excluding hydrogens is 840 g/mol.